The van der Waals surface area contributed by atoms with Gasteiger partial charge in [-0.2, -0.15) is 5.10 Å². The number of aromatic nitrogens is 4. The lowest BCUT2D eigenvalue weighted by molar-refractivity contribution is -0.154. The van der Waals surface area contributed by atoms with E-state index in [-0.39, 0.29) is 0 Å². The molecule has 0 amide bonds. The lowest BCUT2D eigenvalue weighted by atomic mass is 9.63. The van der Waals surface area contributed by atoms with Gasteiger partial charge in [0.05, 0.1) is 22.7 Å². The van der Waals surface area contributed by atoms with Crippen LogP contribution in [-0.2, 0) is 10.4 Å². The molecule has 9 heteroatoms. The molecule has 2 atom stereocenters. The van der Waals surface area contributed by atoms with Crippen LogP contribution in [0.1, 0.15) is 49.2 Å². The van der Waals surface area contributed by atoms with Gasteiger partial charge in [-0.25, -0.2) is 9.97 Å². The number of thiazole rings is 1. The van der Waals surface area contributed by atoms with Crippen molar-refractivity contribution >= 4 is 28.9 Å². The number of anilines is 2. The Hall–Kier alpha value is -2.91. The predicted octanol–water partition coefficient (Wildman–Crippen LogP) is 4.45. The summed E-state index contributed by atoms with van der Waals surface area (Å²) >= 11 is 1.40. The minimum atomic E-state index is -1.14. The standard InChI is InChI=1S/C23H27N5O3S/c1-13-7-16(26-18(8-13)27-19-9-14(2)10-25-28-19)17-11-24-21(32-17)23(31)6-5-15(20(29)30)22(3,4)12-23/h7-11,15,31H,5-6,12H2,1-4H3,(H,29,30)(H,26,27,28)/t15-,23-/m1/s1. The zero-order valence-corrected chi connectivity index (χ0v) is 19.4. The van der Waals surface area contributed by atoms with Crippen LogP contribution in [0.5, 0.6) is 0 Å². The van der Waals surface area contributed by atoms with Crippen LogP contribution in [0.25, 0.3) is 10.6 Å². The van der Waals surface area contributed by atoms with E-state index in [1.54, 1.807) is 12.4 Å². The van der Waals surface area contributed by atoms with E-state index in [1.165, 1.54) is 11.3 Å². The van der Waals surface area contributed by atoms with E-state index in [9.17, 15) is 15.0 Å². The van der Waals surface area contributed by atoms with Crippen molar-refractivity contribution < 1.29 is 15.0 Å². The summed E-state index contributed by atoms with van der Waals surface area (Å²) in [5.74, 6) is -0.0133. The molecule has 0 spiro atoms. The van der Waals surface area contributed by atoms with Gasteiger partial charge in [-0.15, -0.1) is 16.4 Å². The minimum absolute atomic E-state index is 0.351. The molecule has 3 aromatic rings. The third-order valence-electron chi connectivity index (χ3n) is 6.01. The van der Waals surface area contributed by atoms with Gasteiger partial charge in [-0.1, -0.05) is 13.8 Å². The van der Waals surface area contributed by atoms with Crippen LogP contribution >= 0.6 is 11.3 Å². The summed E-state index contributed by atoms with van der Waals surface area (Å²) in [5.41, 5.74) is 1.10. The van der Waals surface area contributed by atoms with Crippen molar-refractivity contribution in [3.63, 3.8) is 0 Å². The molecule has 8 nitrogen and oxygen atoms in total. The summed E-state index contributed by atoms with van der Waals surface area (Å²) < 4.78 is 0. The zero-order valence-electron chi connectivity index (χ0n) is 18.6. The van der Waals surface area contributed by atoms with Gasteiger partial charge in [-0.3, -0.25) is 4.79 Å². The maximum Gasteiger partial charge on any atom is 0.307 e. The molecule has 4 rings (SSSR count). The van der Waals surface area contributed by atoms with E-state index in [4.69, 9.17) is 4.98 Å². The average molecular weight is 454 g/mol. The Bertz CT molecular complexity index is 1160. The first-order chi connectivity index (χ1) is 15.1. The van der Waals surface area contributed by atoms with E-state index < -0.39 is 22.9 Å². The molecule has 0 saturated heterocycles. The SMILES string of the molecule is Cc1cnnc(Nc2cc(C)cc(-c3cnc([C@@]4(O)CC[C@H](C(=O)O)C(C)(C)C4)s3)n2)c1. The van der Waals surface area contributed by atoms with Crippen molar-refractivity contribution in [2.75, 3.05) is 5.32 Å². The highest BCUT2D eigenvalue weighted by Gasteiger charge is 2.49. The van der Waals surface area contributed by atoms with Gasteiger partial charge in [0.25, 0.3) is 0 Å². The van der Waals surface area contributed by atoms with Gasteiger partial charge in [0.15, 0.2) is 5.82 Å². The molecule has 0 bridgehead atoms. The lowest BCUT2D eigenvalue weighted by Gasteiger charge is -2.44. The minimum Gasteiger partial charge on any atom is -0.481 e. The van der Waals surface area contributed by atoms with E-state index in [0.29, 0.717) is 35.9 Å². The topological polar surface area (TPSA) is 121 Å². The third-order valence-corrected chi connectivity index (χ3v) is 7.22. The van der Waals surface area contributed by atoms with Gasteiger partial charge < -0.3 is 15.5 Å². The van der Waals surface area contributed by atoms with Crippen LogP contribution in [-0.4, -0.2) is 36.3 Å². The normalized spacial score (nSPS) is 22.5. The molecule has 0 unspecified atom stereocenters. The Kier molecular flexibility index (Phi) is 5.72. The zero-order chi connectivity index (χ0) is 23.1. The molecular formula is C23H27N5O3S. The number of aliphatic carboxylic acids is 1. The molecule has 0 aliphatic heterocycles. The molecule has 1 aliphatic carbocycles. The number of aryl methyl sites for hydroxylation is 2. The van der Waals surface area contributed by atoms with Crippen LogP contribution in [0.4, 0.5) is 11.6 Å². The van der Waals surface area contributed by atoms with Crippen molar-refractivity contribution in [2.24, 2.45) is 11.3 Å². The Labute approximate surface area is 190 Å². The van der Waals surface area contributed by atoms with Crippen molar-refractivity contribution in [2.45, 2.75) is 52.6 Å². The second-order valence-corrected chi connectivity index (χ2v) is 10.3. The van der Waals surface area contributed by atoms with E-state index in [0.717, 1.165) is 21.7 Å². The summed E-state index contributed by atoms with van der Waals surface area (Å²) in [6, 6.07) is 5.80. The van der Waals surface area contributed by atoms with E-state index >= 15 is 0 Å². The highest BCUT2D eigenvalue weighted by Crippen LogP contribution is 2.50. The fourth-order valence-corrected chi connectivity index (χ4v) is 5.49. The molecule has 3 aromatic heterocycles. The van der Waals surface area contributed by atoms with E-state index in [1.807, 2.05) is 45.9 Å². The molecule has 0 radical (unpaired) electrons. The van der Waals surface area contributed by atoms with Gasteiger partial charge in [0, 0.05) is 6.20 Å². The number of hydrogen-bond acceptors (Lipinski definition) is 8. The number of aliphatic hydroxyl groups is 1. The number of carboxylic acid groups (broad SMARTS) is 1. The Morgan fingerprint density at radius 2 is 1.91 bits per heavy atom. The summed E-state index contributed by atoms with van der Waals surface area (Å²) in [7, 11) is 0. The fourth-order valence-electron chi connectivity index (χ4n) is 4.50. The summed E-state index contributed by atoms with van der Waals surface area (Å²) in [6.45, 7) is 7.74. The van der Waals surface area contributed by atoms with Crippen LogP contribution < -0.4 is 5.32 Å². The van der Waals surface area contributed by atoms with Gasteiger partial charge >= 0.3 is 5.97 Å². The molecule has 0 aromatic carbocycles. The van der Waals surface area contributed by atoms with Crippen LogP contribution in [0.15, 0.2) is 30.6 Å². The number of rotatable bonds is 5. The lowest BCUT2D eigenvalue weighted by Crippen LogP contribution is -2.44. The Morgan fingerprint density at radius 3 is 2.59 bits per heavy atom. The van der Waals surface area contributed by atoms with Gasteiger partial charge in [0.2, 0.25) is 0 Å². The second kappa shape index (κ2) is 8.22. The number of carboxylic acids is 1. The third kappa shape index (κ3) is 4.49. The molecule has 3 N–H and O–H groups in total. The first kappa shape index (κ1) is 22.3. The molecular weight excluding hydrogens is 426 g/mol. The molecule has 168 valence electrons. The largest absolute Gasteiger partial charge is 0.481 e. The predicted molar refractivity (Wildman–Crippen MR) is 123 cm³/mol. The fraction of sp³-hybridized carbons (Fsp3) is 0.435. The van der Waals surface area contributed by atoms with Crippen LogP contribution in [0.2, 0.25) is 0 Å². The maximum absolute atomic E-state index is 11.6. The highest BCUT2D eigenvalue weighted by molar-refractivity contribution is 7.15. The quantitative estimate of drug-likeness (QED) is 0.518. The first-order valence-corrected chi connectivity index (χ1v) is 11.3. The van der Waals surface area contributed by atoms with Crippen molar-refractivity contribution in [1.29, 1.82) is 0 Å². The molecule has 1 aliphatic rings. The molecule has 32 heavy (non-hydrogen) atoms. The number of pyridine rings is 1. The Morgan fingerprint density at radius 1 is 1.16 bits per heavy atom. The number of hydrogen-bond donors (Lipinski definition) is 3. The van der Waals surface area contributed by atoms with Crippen LogP contribution in [0.3, 0.4) is 0 Å². The molecule has 1 fully saturated rings. The molecule has 1 saturated carbocycles. The number of nitrogens with zero attached hydrogens (tertiary/aromatic N) is 4. The second-order valence-electron chi connectivity index (χ2n) is 9.31. The van der Waals surface area contributed by atoms with Crippen molar-refractivity contribution in [3.8, 4) is 10.6 Å². The average Bonchev–Trinajstić information content (AvgIpc) is 3.17. The Balaban J connectivity index is 1.60. The number of carbonyl (C=O) groups is 1. The summed E-state index contributed by atoms with van der Waals surface area (Å²) in [4.78, 5) is 21.7. The van der Waals surface area contributed by atoms with Gasteiger partial charge in [-0.05, 0) is 67.9 Å². The summed E-state index contributed by atoms with van der Waals surface area (Å²) in [5, 5.41) is 32.7. The van der Waals surface area contributed by atoms with Crippen molar-refractivity contribution in [1.82, 2.24) is 20.2 Å². The van der Waals surface area contributed by atoms with E-state index in [2.05, 4.69) is 20.5 Å². The first-order valence-electron chi connectivity index (χ1n) is 10.5. The highest BCUT2D eigenvalue weighted by atomic mass is 32.1. The maximum atomic E-state index is 11.6. The summed E-state index contributed by atoms with van der Waals surface area (Å²) in [6.07, 6.45) is 4.56. The molecule has 3 heterocycles. The van der Waals surface area contributed by atoms with Crippen LogP contribution in [0, 0.1) is 25.2 Å². The monoisotopic (exact) mass is 453 g/mol. The van der Waals surface area contributed by atoms with Gasteiger partial charge in [0.1, 0.15) is 16.4 Å². The smallest absolute Gasteiger partial charge is 0.307 e. The van der Waals surface area contributed by atoms with Crippen molar-refractivity contribution in [3.05, 3.63) is 46.7 Å². The number of nitrogens with one attached hydrogen (secondary N) is 1.